The number of hydrogen-bond acceptors (Lipinski definition) is 4. The fraction of sp³-hybridized carbons (Fsp3) is 0.385. The number of anilines is 1. The van der Waals surface area contributed by atoms with Gasteiger partial charge in [0.2, 0.25) is 0 Å². The third-order valence-corrected chi connectivity index (χ3v) is 5.94. The largest absolute Gasteiger partial charge is 0.378 e. The highest BCUT2D eigenvalue weighted by Gasteiger charge is 2.23. The molecule has 2 aromatic heterocycles. The molecule has 7 heteroatoms. The first-order valence-corrected chi connectivity index (χ1v) is 8.83. The van der Waals surface area contributed by atoms with Gasteiger partial charge in [0.15, 0.2) is 0 Å². The molecule has 3 rings (SSSR count). The predicted molar refractivity (Wildman–Crippen MR) is 88.3 cm³/mol. The standard InChI is InChI=1S/C13H13Br2N3OS/c14-9-3-4-20-11(9)6-16-10-5-17-18(7-8-1-2-8)13(19)12(10)15/h3-5,8,16H,1-2,6-7H2. The summed E-state index contributed by atoms with van der Waals surface area (Å²) in [5.74, 6) is 0.632. The molecule has 0 radical (unpaired) electrons. The van der Waals surface area contributed by atoms with Crippen LogP contribution in [0.4, 0.5) is 5.69 Å². The topological polar surface area (TPSA) is 46.9 Å². The molecule has 0 saturated heterocycles. The Labute approximate surface area is 137 Å². The normalized spacial score (nSPS) is 14.5. The first kappa shape index (κ1) is 14.3. The van der Waals surface area contributed by atoms with Gasteiger partial charge in [-0.1, -0.05) is 0 Å². The predicted octanol–water partition coefficient (Wildman–Crippen LogP) is 3.85. The summed E-state index contributed by atoms with van der Waals surface area (Å²) < 4.78 is 3.19. The maximum atomic E-state index is 12.2. The summed E-state index contributed by atoms with van der Waals surface area (Å²) in [6.45, 7) is 1.40. The summed E-state index contributed by atoms with van der Waals surface area (Å²) in [6.07, 6.45) is 4.13. The van der Waals surface area contributed by atoms with Crippen LogP contribution in [0.3, 0.4) is 0 Å². The molecule has 106 valence electrons. The van der Waals surface area contributed by atoms with Crippen molar-refractivity contribution < 1.29 is 0 Å². The Bertz CT molecular complexity index is 678. The van der Waals surface area contributed by atoms with Gasteiger partial charge < -0.3 is 5.32 Å². The molecule has 20 heavy (non-hydrogen) atoms. The first-order chi connectivity index (χ1) is 9.65. The van der Waals surface area contributed by atoms with E-state index < -0.39 is 0 Å². The molecule has 0 amide bonds. The third-order valence-electron chi connectivity index (χ3n) is 3.24. The van der Waals surface area contributed by atoms with Crippen LogP contribution in [0.5, 0.6) is 0 Å². The highest BCUT2D eigenvalue weighted by Crippen LogP contribution is 2.30. The molecular weight excluding hydrogens is 406 g/mol. The average molecular weight is 419 g/mol. The van der Waals surface area contributed by atoms with E-state index in [-0.39, 0.29) is 5.56 Å². The molecule has 1 N–H and O–H groups in total. The number of hydrogen-bond donors (Lipinski definition) is 1. The molecule has 1 aliphatic carbocycles. The van der Waals surface area contributed by atoms with Crippen molar-refractivity contribution in [1.29, 1.82) is 0 Å². The van der Waals surface area contributed by atoms with Crippen LogP contribution in [0.25, 0.3) is 0 Å². The Morgan fingerprint density at radius 3 is 2.90 bits per heavy atom. The quantitative estimate of drug-likeness (QED) is 0.801. The lowest BCUT2D eigenvalue weighted by molar-refractivity contribution is 0.532. The monoisotopic (exact) mass is 417 g/mol. The molecule has 1 fully saturated rings. The van der Waals surface area contributed by atoms with Crippen molar-refractivity contribution in [1.82, 2.24) is 9.78 Å². The molecule has 0 unspecified atom stereocenters. The molecule has 2 heterocycles. The van der Waals surface area contributed by atoms with Gasteiger partial charge in [0.25, 0.3) is 5.56 Å². The van der Waals surface area contributed by atoms with Crippen molar-refractivity contribution in [2.45, 2.75) is 25.9 Å². The van der Waals surface area contributed by atoms with E-state index in [9.17, 15) is 4.79 Å². The molecule has 0 atom stereocenters. The van der Waals surface area contributed by atoms with Gasteiger partial charge in [-0.2, -0.15) is 5.10 Å². The van der Waals surface area contributed by atoms with Crippen LogP contribution >= 0.6 is 43.2 Å². The van der Waals surface area contributed by atoms with E-state index in [0.29, 0.717) is 16.9 Å². The van der Waals surface area contributed by atoms with E-state index in [4.69, 9.17) is 0 Å². The molecule has 0 spiro atoms. The zero-order valence-corrected chi connectivity index (χ0v) is 14.6. The Hall–Kier alpha value is -0.660. The van der Waals surface area contributed by atoms with Crippen molar-refractivity contribution in [2.75, 3.05) is 5.32 Å². The number of rotatable bonds is 5. The lowest BCUT2D eigenvalue weighted by Gasteiger charge is -2.09. The maximum absolute atomic E-state index is 12.2. The van der Waals surface area contributed by atoms with Gasteiger partial charge in [0, 0.05) is 15.9 Å². The zero-order chi connectivity index (χ0) is 14.1. The summed E-state index contributed by atoms with van der Waals surface area (Å²) in [5, 5.41) is 9.53. The van der Waals surface area contributed by atoms with Crippen molar-refractivity contribution in [2.24, 2.45) is 5.92 Å². The van der Waals surface area contributed by atoms with Crippen LogP contribution in [0, 0.1) is 5.92 Å². The summed E-state index contributed by atoms with van der Waals surface area (Å²) in [5.41, 5.74) is 0.675. The molecule has 0 aromatic carbocycles. The number of nitrogens with one attached hydrogen (secondary N) is 1. The molecule has 1 saturated carbocycles. The van der Waals surface area contributed by atoms with Gasteiger partial charge in [-0.05, 0) is 62.1 Å². The van der Waals surface area contributed by atoms with Crippen LogP contribution < -0.4 is 10.9 Å². The smallest absolute Gasteiger partial charge is 0.283 e. The molecule has 4 nitrogen and oxygen atoms in total. The van der Waals surface area contributed by atoms with Gasteiger partial charge >= 0.3 is 0 Å². The second-order valence-corrected chi connectivity index (χ2v) is 7.50. The zero-order valence-electron chi connectivity index (χ0n) is 10.6. The number of halogens is 2. The van der Waals surface area contributed by atoms with E-state index in [1.165, 1.54) is 17.7 Å². The SMILES string of the molecule is O=c1c(Br)c(NCc2sccc2Br)cnn1CC1CC1. The van der Waals surface area contributed by atoms with Crippen molar-refractivity contribution in [3.63, 3.8) is 0 Å². The Kier molecular flexibility index (Phi) is 4.28. The fourth-order valence-corrected chi connectivity index (χ4v) is 3.77. The maximum Gasteiger partial charge on any atom is 0.283 e. The first-order valence-electron chi connectivity index (χ1n) is 6.36. The number of nitrogens with zero attached hydrogens (tertiary/aromatic N) is 2. The highest BCUT2D eigenvalue weighted by molar-refractivity contribution is 9.11. The number of thiophene rings is 1. The van der Waals surface area contributed by atoms with Crippen LogP contribution in [-0.4, -0.2) is 9.78 Å². The third kappa shape index (κ3) is 3.15. The Morgan fingerprint density at radius 1 is 1.45 bits per heavy atom. The molecule has 2 aromatic rings. The average Bonchev–Trinajstić information content (AvgIpc) is 3.16. The molecule has 1 aliphatic rings. The lowest BCUT2D eigenvalue weighted by atomic mass is 10.4. The second kappa shape index (κ2) is 5.99. The number of aromatic nitrogens is 2. The van der Waals surface area contributed by atoms with E-state index >= 15 is 0 Å². The second-order valence-electron chi connectivity index (χ2n) is 4.85. The highest BCUT2D eigenvalue weighted by atomic mass is 79.9. The van der Waals surface area contributed by atoms with Gasteiger partial charge in [-0.15, -0.1) is 11.3 Å². The fourth-order valence-electron chi connectivity index (χ4n) is 1.89. The van der Waals surface area contributed by atoms with E-state index in [0.717, 1.165) is 16.7 Å². The van der Waals surface area contributed by atoms with Crippen LogP contribution in [0.2, 0.25) is 0 Å². The van der Waals surface area contributed by atoms with Crippen LogP contribution in [0.1, 0.15) is 17.7 Å². The summed E-state index contributed by atoms with van der Waals surface area (Å²) in [7, 11) is 0. The van der Waals surface area contributed by atoms with Gasteiger partial charge in [-0.3, -0.25) is 4.79 Å². The van der Waals surface area contributed by atoms with Gasteiger partial charge in [-0.25, -0.2) is 4.68 Å². The minimum Gasteiger partial charge on any atom is -0.378 e. The lowest BCUT2D eigenvalue weighted by Crippen LogP contribution is -2.25. The van der Waals surface area contributed by atoms with Crippen molar-refractivity contribution in [3.05, 3.63) is 41.8 Å². The molecule has 0 aliphatic heterocycles. The van der Waals surface area contributed by atoms with Gasteiger partial charge in [0.1, 0.15) is 4.47 Å². The minimum atomic E-state index is -0.0628. The van der Waals surface area contributed by atoms with Gasteiger partial charge in [0.05, 0.1) is 18.4 Å². The van der Waals surface area contributed by atoms with Crippen LogP contribution in [-0.2, 0) is 13.1 Å². The van der Waals surface area contributed by atoms with Crippen molar-refractivity contribution in [3.8, 4) is 0 Å². The summed E-state index contributed by atoms with van der Waals surface area (Å²) >= 11 is 8.55. The molecular formula is C13H13Br2N3OS. The minimum absolute atomic E-state index is 0.0628. The Morgan fingerprint density at radius 2 is 2.25 bits per heavy atom. The van der Waals surface area contributed by atoms with Crippen LogP contribution in [0.15, 0.2) is 31.4 Å². The molecule has 0 bridgehead atoms. The van der Waals surface area contributed by atoms with E-state index in [1.54, 1.807) is 22.2 Å². The van der Waals surface area contributed by atoms with E-state index in [1.807, 2.05) is 11.4 Å². The van der Waals surface area contributed by atoms with Crippen molar-refractivity contribution >= 4 is 48.9 Å². The summed E-state index contributed by atoms with van der Waals surface area (Å²) in [6, 6.07) is 2.02. The summed E-state index contributed by atoms with van der Waals surface area (Å²) in [4.78, 5) is 13.4. The Balaban J connectivity index is 1.75. The van der Waals surface area contributed by atoms with E-state index in [2.05, 4.69) is 42.3 Å².